The minimum Gasteiger partial charge on any atom is -0.497 e. The van der Waals surface area contributed by atoms with Crippen molar-refractivity contribution in [3.63, 3.8) is 0 Å². The molecule has 0 aromatic heterocycles. The van der Waals surface area contributed by atoms with E-state index in [1.54, 1.807) is 17.4 Å². The van der Waals surface area contributed by atoms with Gasteiger partial charge in [0.1, 0.15) is 12.0 Å². The van der Waals surface area contributed by atoms with Crippen LogP contribution >= 0.6 is 12.6 Å². The summed E-state index contributed by atoms with van der Waals surface area (Å²) in [5.74, 6) is 1.34. The summed E-state index contributed by atoms with van der Waals surface area (Å²) in [6, 6.07) is 13.9. The van der Waals surface area contributed by atoms with Crippen LogP contribution in [-0.4, -0.2) is 60.7 Å². The monoisotopic (exact) mass is 579 g/mol. The number of aliphatic imine (C=N–C) groups is 1. The Labute approximate surface area is 247 Å². The lowest BCUT2D eigenvalue weighted by atomic mass is 9.88. The molecule has 0 bridgehead atoms. The zero-order valence-corrected chi connectivity index (χ0v) is 25.1. The SMILES string of the molecule is COc1ccc(CNNN/C(C)=C\S)c(-c2cccc(C3(C)N=C(N)N(CC4CCN(C5OC5C)CC4)C3=O)c2)c1. The van der Waals surface area contributed by atoms with Crippen molar-refractivity contribution in [1.29, 1.82) is 0 Å². The Morgan fingerprint density at radius 1 is 1.27 bits per heavy atom. The molecular weight excluding hydrogens is 538 g/mol. The second kappa shape index (κ2) is 12.4. The molecule has 2 saturated heterocycles. The van der Waals surface area contributed by atoms with Crippen molar-refractivity contribution in [2.75, 3.05) is 26.7 Å². The summed E-state index contributed by atoms with van der Waals surface area (Å²) in [6.45, 7) is 8.96. The molecule has 3 aliphatic rings. The fourth-order valence-electron chi connectivity index (χ4n) is 5.68. The zero-order chi connectivity index (χ0) is 29.1. The Morgan fingerprint density at radius 3 is 2.71 bits per heavy atom. The van der Waals surface area contributed by atoms with Gasteiger partial charge in [-0.15, -0.1) is 12.6 Å². The Morgan fingerprint density at radius 2 is 2.02 bits per heavy atom. The highest BCUT2D eigenvalue weighted by molar-refractivity contribution is 7.83. The van der Waals surface area contributed by atoms with Crippen LogP contribution in [0.4, 0.5) is 0 Å². The quantitative estimate of drug-likeness (QED) is 0.119. The summed E-state index contributed by atoms with van der Waals surface area (Å²) in [4.78, 5) is 22.7. The van der Waals surface area contributed by atoms with E-state index >= 15 is 0 Å². The molecule has 3 heterocycles. The number of carbonyl (C=O) groups excluding carboxylic acids is 1. The Balaban J connectivity index is 1.31. The predicted octanol–water partition coefficient (Wildman–Crippen LogP) is 3.08. The molecule has 220 valence electrons. The van der Waals surface area contributed by atoms with E-state index < -0.39 is 5.54 Å². The van der Waals surface area contributed by atoms with Crippen LogP contribution in [0.3, 0.4) is 0 Å². The van der Waals surface area contributed by atoms with Gasteiger partial charge in [0.2, 0.25) is 0 Å². The molecule has 2 aromatic rings. The molecule has 0 aliphatic carbocycles. The van der Waals surface area contributed by atoms with Crippen molar-refractivity contribution in [2.24, 2.45) is 16.6 Å². The van der Waals surface area contributed by atoms with Crippen LogP contribution in [0.25, 0.3) is 11.1 Å². The average Bonchev–Trinajstić information content (AvgIpc) is 3.68. The van der Waals surface area contributed by atoms with E-state index in [0.29, 0.717) is 31.1 Å². The van der Waals surface area contributed by atoms with Gasteiger partial charge < -0.3 is 20.6 Å². The van der Waals surface area contributed by atoms with Gasteiger partial charge in [0.15, 0.2) is 11.5 Å². The number of hydrogen-bond donors (Lipinski definition) is 5. The molecule has 0 radical (unpaired) electrons. The Hall–Kier alpha value is -3.09. The van der Waals surface area contributed by atoms with Gasteiger partial charge in [-0.2, -0.15) is 5.53 Å². The van der Waals surface area contributed by atoms with Crippen LogP contribution in [-0.2, 0) is 21.6 Å². The first kappa shape index (κ1) is 29.4. The number of piperidine rings is 1. The van der Waals surface area contributed by atoms with Gasteiger partial charge >= 0.3 is 0 Å². The number of epoxide rings is 1. The van der Waals surface area contributed by atoms with Crippen LogP contribution < -0.4 is 26.9 Å². The van der Waals surface area contributed by atoms with Crippen molar-refractivity contribution in [2.45, 2.75) is 58.0 Å². The number of nitrogens with one attached hydrogen (secondary N) is 3. The molecule has 41 heavy (non-hydrogen) atoms. The van der Waals surface area contributed by atoms with Crippen molar-refractivity contribution in [3.05, 3.63) is 64.7 Å². The number of nitrogens with two attached hydrogens (primary N) is 1. The summed E-state index contributed by atoms with van der Waals surface area (Å²) in [5.41, 5.74) is 19.2. The first-order valence-electron chi connectivity index (χ1n) is 14.1. The van der Waals surface area contributed by atoms with Crippen LogP contribution in [0.5, 0.6) is 5.75 Å². The molecule has 5 rings (SSSR count). The number of benzene rings is 2. The van der Waals surface area contributed by atoms with E-state index in [1.165, 1.54) is 0 Å². The van der Waals surface area contributed by atoms with E-state index in [9.17, 15) is 4.79 Å². The summed E-state index contributed by atoms with van der Waals surface area (Å²) in [7, 11) is 1.65. The van der Waals surface area contributed by atoms with Gasteiger partial charge in [-0.1, -0.05) is 24.3 Å². The predicted molar refractivity (Wildman–Crippen MR) is 164 cm³/mol. The largest absolute Gasteiger partial charge is 0.497 e. The number of amides is 1. The third-order valence-corrected chi connectivity index (χ3v) is 8.67. The van der Waals surface area contributed by atoms with Crippen LogP contribution in [0.1, 0.15) is 44.7 Å². The topological polar surface area (TPSA) is 120 Å². The number of guanidine groups is 1. The number of hydrazine groups is 2. The summed E-state index contributed by atoms with van der Waals surface area (Å²) >= 11 is 4.14. The molecule has 10 nitrogen and oxygen atoms in total. The number of carbonyl (C=O) groups is 1. The minimum absolute atomic E-state index is 0.0795. The number of ether oxygens (including phenoxy) is 2. The van der Waals surface area contributed by atoms with E-state index in [1.807, 2.05) is 56.3 Å². The number of thiol groups is 1. The number of hydrogen-bond acceptors (Lipinski definition) is 10. The molecule has 2 fully saturated rings. The smallest absolute Gasteiger partial charge is 0.261 e. The van der Waals surface area contributed by atoms with E-state index in [2.05, 4.69) is 40.8 Å². The lowest BCUT2D eigenvalue weighted by Crippen LogP contribution is -2.46. The number of allylic oxidation sites excluding steroid dienone is 1. The molecule has 2 aromatic carbocycles. The molecule has 11 heteroatoms. The van der Waals surface area contributed by atoms with Crippen LogP contribution in [0, 0.1) is 5.92 Å². The normalized spacial score (nSPS) is 25.4. The average molecular weight is 580 g/mol. The second-order valence-electron chi connectivity index (χ2n) is 11.2. The lowest BCUT2D eigenvalue weighted by Gasteiger charge is -2.33. The first-order valence-corrected chi connectivity index (χ1v) is 14.6. The maximum absolute atomic E-state index is 13.9. The van der Waals surface area contributed by atoms with Gasteiger partial charge in [0, 0.05) is 31.9 Å². The number of nitrogens with zero attached hydrogens (tertiary/aromatic N) is 3. The lowest BCUT2D eigenvalue weighted by molar-refractivity contribution is -0.131. The van der Waals surface area contributed by atoms with Crippen molar-refractivity contribution >= 4 is 24.5 Å². The Kier molecular flexibility index (Phi) is 8.91. The molecule has 0 saturated carbocycles. The highest BCUT2D eigenvalue weighted by Gasteiger charge is 2.47. The van der Waals surface area contributed by atoms with E-state index in [-0.39, 0.29) is 12.1 Å². The van der Waals surface area contributed by atoms with Crippen LogP contribution in [0.15, 0.2) is 58.6 Å². The zero-order valence-electron chi connectivity index (χ0n) is 24.2. The standard InChI is InChI=1S/C30H41N7O3S/c1-19(18-41)34-35-32-16-23-8-9-25(39-4)15-26(23)22-6-5-7-24(14-22)30(3)28(38)37(29(31)33-30)17-21-10-12-36(13-11-21)27-20(2)40-27/h5-9,14-15,18,20-21,27,32,34-35,41H,10-13,16-17H2,1-4H3,(H2,31,33)/b19-18-. The van der Waals surface area contributed by atoms with Crippen molar-refractivity contribution < 1.29 is 14.3 Å². The van der Waals surface area contributed by atoms with Crippen molar-refractivity contribution in [1.82, 2.24) is 26.2 Å². The van der Waals surface area contributed by atoms with Gasteiger partial charge in [0.25, 0.3) is 5.91 Å². The third-order valence-electron chi connectivity index (χ3n) is 8.28. The fourth-order valence-corrected chi connectivity index (χ4v) is 5.75. The van der Waals surface area contributed by atoms with Gasteiger partial charge in [-0.05, 0) is 85.4 Å². The summed E-state index contributed by atoms with van der Waals surface area (Å²) in [6.07, 6.45) is 2.61. The Bertz CT molecular complexity index is 1330. The van der Waals surface area contributed by atoms with E-state index in [4.69, 9.17) is 20.2 Å². The first-order chi connectivity index (χ1) is 19.7. The summed E-state index contributed by atoms with van der Waals surface area (Å²) in [5, 5.41) is 1.67. The van der Waals surface area contributed by atoms with Gasteiger partial charge in [-0.25, -0.2) is 10.4 Å². The second-order valence-corrected chi connectivity index (χ2v) is 11.4. The molecular formula is C30H41N7O3S. The fraction of sp³-hybridized carbons (Fsp3) is 0.467. The molecule has 3 aliphatic heterocycles. The van der Waals surface area contributed by atoms with E-state index in [0.717, 1.165) is 59.6 Å². The van der Waals surface area contributed by atoms with Gasteiger partial charge in [0.05, 0.1) is 13.2 Å². The number of likely N-dealkylation sites (tertiary alicyclic amines) is 1. The molecule has 3 unspecified atom stereocenters. The highest BCUT2D eigenvalue weighted by atomic mass is 32.1. The third kappa shape index (κ3) is 6.39. The maximum atomic E-state index is 13.9. The maximum Gasteiger partial charge on any atom is 0.261 e. The van der Waals surface area contributed by atoms with Gasteiger partial charge in [-0.3, -0.25) is 14.6 Å². The van der Waals surface area contributed by atoms with Crippen molar-refractivity contribution in [3.8, 4) is 16.9 Å². The summed E-state index contributed by atoms with van der Waals surface area (Å²) < 4.78 is 11.2. The molecule has 1 amide bonds. The number of methoxy groups -OCH3 is 1. The molecule has 0 spiro atoms. The minimum atomic E-state index is -1.09. The number of rotatable bonds is 11. The molecule has 5 N–H and O–H groups in total. The highest BCUT2D eigenvalue weighted by Crippen LogP contribution is 2.37. The van der Waals surface area contributed by atoms with Crippen LogP contribution in [0.2, 0.25) is 0 Å². The molecule has 3 atom stereocenters.